The molecule has 2 aromatic rings. The molecule has 0 radical (unpaired) electrons. The summed E-state index contributed by atoms with van der Waals surface area (Å²) in [6.07, 6.45) is 0.841. The van der Waals surface area contributed by atoms with Gasteiger partial charge in [-0.25, -0.2) is 0 Å². The van der Waals surface area contributed by atoms with Crippen molar-refractivity contribution in [3.63, 3.8) is 0 Å². The van der Waals surface area contributed by atoms with E-state index in [2.05, 4.69) is 5.32 Å². The van der Waals surface area contributed by atoms with Gasteiger partial charge in [-0.2, -0.15) is 0 Å². The molecule has 110 valence electrons. The minimum absolute atomic E-state index is 0.00974. The third-order valence-electron chi connectivity index (χ3n) is 3.03. The Bertz CT molecular complexity index is 594. The molecule has 0 heterocycles. The van der Waals surface area contributed by atoms with Crippen LogP contribution in [0.3, 0.4) is 0 Å². The fourth-order valence-electron chi connectivity index (χ4n) is 1.99. The van der Waals surface area contributed by atoms with E-state index < -0.39 is 0 Å². The molecular formula is C17H20N2O2. The summed E-state index contributed by atoms with van der Waals surface area (Å²) in [6, 6.07) is 15.3. The van der Waals surface area contributed by atoms with Crippen molar-refractivity contribution >= 4 is 11.6 Å². The van der Waals surface area contributed by atoms with Crippen molar-refractivity contribution in [1.29, 1.82) is 0 Å². The number of amides is 1. The smallest absolute Gasteiger partial charge is 0.262 e. The third kappa shape index (κ3) is 4.93. The molecule has 2 rings (SSSR count). The number of carbonyl (C=O) groups is 1. The van der Waals surface area contributed by atoms with Crippen LogP contribution in [0.15, 0.2) is 48.5 Å². The van der Waals surface area contributed by atoms with Crippen LogP contribution in [0.5, 0.6) is 5.75 Å². The fourth-order valence-corrected chi connectivity index (χ4v) is 1.99. The maximum atomic E-state index is 11.8. The van der Waals surface area contributed by atoms with Gasteiger partial charge in [0, 0.05) is 5.69 Å². The van der Waals surface area contributed by atoms with Crippen LogP contribution in [0.25, 0.3) is 0 Å². The van der Waals surface area contributed by atoms with E-state index in [0.717, 1.165) is 23.2 Å². The number of nitrogens with one attached hydrogen (secondary N) is 1. The second-order valence-corrected chi connectivity index (χ2v) is 4.89. The summed E-state index contributed by atoms with van der Waals surface area (Å²) in [5, 5.41) is 2.80. The predicted octanol–water partition coefficient (Wildman–Crippen LogP) is 2.51. The summed E-state index contributed by atoms with van der Waals surface area (Å²) in [7, 11) is 0. The maximum Gasteiger partial charge on any atom is 0.262 e. The first-order chi connectivity index (χ1) is 10.2. The summed E-state index contributed by atoms with van der Waals surface area (Å²) in [4.78, 5) is 11.8. The molecule has 0 aliphatic heterocycles. The van der Waals surface area contributed by atoms with Crippen molar-refractivity contribution < 1.29 is 9.53 Å². The fraction of sp³-hybridized carbons (Fsp3) is 0.235. The molecule has 1 amide bonds. The Morgan fingerprint density at radius 3 is 2.62 bits per heavy atom. The monoisotopic (exact) mass is 284 g/mol. The van der Waals surface area contributed by atoms with E-state index in [4.69, 9.17) is 10.5 Å². The Morgan fingerprint density at radius 2 is 1.95 bits per heavy atom. The lowest BCUT2D eigenvalue weighted by molar-refractivity contribution is -0.118. The average molecular weight is 284 g/mol. The normalized spacial score (nSPS) is 10.2. The van der Waals surface area contributed by atoms with Gasteiger partial charge in [-0.3, -0.25) is 4.79 Å². The third-order valence-corrected chi connectivity index (χ3v) is 3.03. The van der Waals surface area contributed by atoms with Gasteiger partial charge in [0.05, 0.1) is 0 Å². The molecule has 0 atom stereocenters. The maximum absolute atomic E-state index is 11.8. The Kier molecular flexibility index (Phi) is 5.35. The molecule has 0 saturated heterocycles. The minimum Gasteiger partial charge on any atom is -0.484 e. The largest absolute Gasteiger partial charge is 0.484 e. The van der Waals surface area contributed by atoms with Crippen molar-refractivity contribution in [3.05, 3.63) is 59.7 Å². The number of anilines is 1. The van der Waals surface area contributed by atoms with Crippen molar-refractivity contribution in [2.75, 3.05) is 18.5 Å². The van der Waals surface area contributed by atoms with Gasteiger partial charge in [-0.05, 0) is 55.3 Å². The van der Waals surface area contributed by atoms with Crippen LogP contribution in [-0.2, 0) is 11.2 Å². The highest BCUT2D eigenvalue weighted by Gasteiger charge is 2.04. The van der Waals surface area contributed by atoms with E-state index in [1.54, 1.807) is 0 Å². The molecule has 0 unspecified atom stereocenters. The first kappa shape index (κ1) is 15.1. The number of ether oxygens (including phenoxy) is 1. The molecule has 0 aliphatic rings. The first-order valence-corrected chi connectivity index (χ1v) is 6.96. The Labute approximate surface area is 124 Å². The number of nitrogens with two attached hydrogens (primary N) is 1. The molecule has 0 spiro atoms. The molecule has 0 fully saturated rings. The van der Waals surface area contributed by atoms with Crippen molar-refractivity contribution in [3.8, 4) is 5.75 Å². The SMILES string of the molecule is Cc1cccc(NC(=O)COc2ccc(CCN)cc2)c1. The van der Waals surface area contributed by atoms with Gasteiger partial charge in [0.2, 0.25) is 0 Å². The van der Waals surface area contributed by atoms with Crippen LogP contribution in [0, 0.1) is 6.92 Å². The van der Waals surface area contributed by atoms with Gasteiger partial charge < -0.3 is 15.8 Å². The summed E-state index contributed by atoms with van der Waals surface area (Å²) in [6.45, 7) is 2.60. The molecule has 4 heteroatoms. The number of carbonyl (C=O) groups excluding carboxylic acids is 1. The predicted molar refractivity (Wildman–Crippen MR) is 84.5 cm³/mol. The van der Waals surface area contributed by atoms with Crippen molar-refractivity contribution in [2.24, 2.45) is 5.73 Å². The van der Waals surface area contributed by atoms with Gasteiger partial charge >= 0.3 is 0 Å². The van der Waals surface area contributed by atoms with Gasteiger partial charge in [-0.15, -0.1) is 0 Å². The Hall–Kier alpha value is -2.33. The van der Waals surface area contributed by atoms with Crippen molar-refractivity contribution in [2.45, 2.75) is 13.3 Å². The Balaban J connectivity index is 1.83. The summed E-state index contributed by atoms with van der Waals surface area (Å²) in [5.41, 5.74) is 8.54. The van der Waals surface area contributed by atoms with E-state index in [0.29, 0.717) is 12.3 Å². The van der Waals surface area contributed by atoms with E-state index in [1.165, 1.54) is 0 Å². The zero-order valence-corrected chi connectivity index (χ0v) is 12.1. The summed E-state index contributed by atoms with van der Waals surface area (Å²) < 4.78 is 5.46. The van der Waals surface area contributed by atoms with Crippen LogP contribution in [0.2, 0.25) is 0 Å². The highest BCUT2D eigenvalue weighted by atomic mass is 16.5. The number of rotatable bonds is 6. The Morgan fingerprint density at radius 1 is 1.19 bits per heavy atom. The molecule has 0 saturated carbocycles. The number of hydrogen-bond acceptors (Lipinski definition) is 3. The highest BCUT2D eigenvalue weighted by molar-refractivity contribution is 5.91. The van der Waals surface area contributed by atoms with Gasteiger partial charge in [-0.1, -0.05) is 24.3 Å². The number of hydrogen-bond donors (Lipinski definition) is 2. The topological polar surface area (TPSA) is 64.3 Å². The summed E-state index contributed by atoms with van der Waals surface area (Å²) >= 11 is 0. The van der Waals surface area contributed by atoms with E-state index in [9.17, 15) is 4.79 Å². The molecule has 0 aromatic heterocycles. The van der Waals surface area contributed by atoms with Crippen molar-refractivity contribution in [1.82, 2.24) is 0 Å². The second-order valence-electron chi connectivity index (χ2n) is 4.89. The zero-order valence-electron chi connectivity index (χ0n) is 12.1. The van der Waals surface area contributed by atoms with Crippen LogP contribution >= 0.6 is 0 Å². The van der Waals surface area contributed by atoms with E-state index >= 15 is 0 Å². The van der Waals surface area contributed by atoms with E-state index in [1.807, 2.05) is 55.5 Å². The van der Waals surface area contributed by atoms with Gasteiger partial charge in [0.25, 0.3) is 5.91 Å². The van der Waals surface area contributed by atoms with Crippen LogP contribution in [0.1, 0.15) is 11.1 Å². The van der Waals surface area contributed by atoms with Crippen LogP contribution in [-0.4, -0.2) is 19.1 Å². The lowest BCUT2D eigenvalue weighted by Crippen LogP contribution is -2.20. The van der Waals surface area contributed by atoms with Gasteiger partial charge in [0.1, 0.15) is 5.75 Å². The first-order valence-electron chi connectivity index (χ1n) is 6.96. The quantitative estimate of drug-likeness (QED) is 0.856. The molecule has 0 bridgehead atoms. The van der Waals surface area contributed by atoms with E-state index in [-0.39, 0.29) is 12.5 Å². The lowest BCUT2D eigenvalue weighted by Gasteiger charge is -2.08. The molecule has 21 heavy (non-hydrogen) atoms. The van der Waals surface area contributed by atoms with Gasteiger partial charge in [0.15, 0.2) is 6.61 Å². The molecule has 3 N–H and O–H groups in total. The average Bonchev–Trinajstić information content (AvgIpc) is 2.47. The second kappa shape index (κ2) is 7.45. The molecular weight excluding hydrogens is 264 g/mol. The number of aryl methyl sites for hydroxylation is 1. The lowest BCUT2D eigenvalue weighted by atomic mass is 10.1. The van der Waals surface area contributed by atoms with Crippen LogP contribution in [0.4, 0.5) is 5.69 Å². The summed E-state index contributed by atoms with van der Waals surface area (Å²) in [5.74, 6) is 0.502. The molecule has 2 aromatic carbocycles. The standard InChI is InChI=1S/C17H20N2O2/c1-13-3-2-4-15(11-13)19-17(20)12-21-16-7-5-14(6-8-16)9-10-18/h2-8,11H,9-10,12,18H2,1H3,(H,19,20). The minimum atomic E-state index is -0.174. The molecule has 4 nitrogen and oxygen atoms in total. The highest BCUT2D eigenvalue weighted by Crippen LogP contribution is 2.13. The molecule has 0 aliphatic carbocycles. The zero-order chi connectivity index (χ0) is 15.1. The number of benzene rings is 2. The van der Waals surface area contributed by atoms with Crippen LogP contribution < -0.4 is 15.8 Å².